The molecule has 2 amide bonds. The van der Waals surface area contributed by atoms with Gasteiger partial charge in [0.05, 0.1) is 11.4 Å². The van der Waals surface area contributed by atoms with Gasteiger partial charge in [-0.3, -0.25) is 10.3 Å². The molecule has 9 nitrogen and oxygen atoms in total. The highest BCUT2D eigenvalue weighted by Crippen LogP contribution is 2.29. The van der Waals surface area contributed by atoms with Crippen molar-refractivity contribution < 1.29 is 19.1 Å². The summed E-state index contributed by atoms with van der Waals surface area (Å²) >= 11 is 0. The third-order valence-electron chi connectivity index (χ3n) is 3.58. The van der Waals surface area contributed by atoms with E-state index >= 15 is 0 Å². The Hall–Kier alpha value is -2.97. The Morgan fingerprint density at radius 1 is 1.00 bits per heavy atom. The maximum absolute atomic E-state index is 12.2. The van der Waals surface area contributed by atoms with E-state index in [0.717, 1.165) is 16.9 Å². The van der Waals surface area contributed by atoms with Crippen LogP contribution < -0.4 is 20.9 Å². The summed E-state index contributed by atoms with van der Waals surface area (Å²) in [6, 6.07) is 5.64. The lowest BCUT2D eigenvalue weighted by Gasteiger charge is -2.24. The number of alkyl carbamates (subject to hydrolysis) is 2. The Labute approximate surface area is 185 Å². The van der Waals surface area contributed by atoms with Crippen molar-refractivity contribution in [2.24, 2.45) is 4.99 Å². The Morgan fingerprint density at radius 2 is 1.58 bits per heavy atom. The van der Waals surface area contributed by atoms with E-state index in [-0.39, 0.29) is 12.5 Å². The molecule has 0 saturated heterocycles. The maximum Gasteiger partial charge on any atom is 0.414 e. The van der Waals surface area contributed by atoms with Gasteiger partial charge in [0.1, 0.15) is 11.2 Å². The molecule has 0 spiro atoms. The summed E-state index contributed by atoms with van der Waals surface area (Å²) in [7, 11) is 3.80. The van der Waals surface area contributed by atoms with Gasteiger partial charge in [-0.1, -0.05) is 12.1 Å². The van der Waals surface area contributed by atoms with Crippen LogP contribution in [0.4, 0.5) is 21.0 Å². The summed E-state index contributed by atoms with van der Waals surface area (Å²) in [4.78, 5) is 30.5. The number of ether oxygens (including phenoxy) is 2. The molecule has 0 saturated carbocycles. The molecule has 1 aromatic carbocycles. The molecule has 31 heavy (non-hydrogen) atoms. The lowest BCUT2D eigenvalue weighted by molar-refractivity contribution is 0.0520. The third-order valence-corrected chi connectivity index (χ3v) is 3.58. The predicted octanol–water partition coefficient (Wildman–Crippen LogP) is 4.09. The molecule has 174 valence electrons. The summed E-state index contributed by atoms with van der Waals surface area (Å²) in [5.41, 5.74) is 1.24. The normalized spacial score (nSPS) is 12.1. The number of hydrogen-bond acceptors (Lipinski definition) is 6. The van der Waals surface area contributed by atoms with Crippen molar-refractivity contribution in [1.29, 1.82) is 0 Å². The molecule has 0 heterocycles. The smallest absolute Gasteiger partial charge is 0.414 e. The highest BCUT2D eigenvalue weighted by molar-refractivity contribution is 6.04. The molecule has 3 N–H and O–H groups in total. The van der Waals surface area contributed by atoms with Gasteiger partial charge in [-0.05, 0) is 60.1 Å². The molecule has 0 aromatic heterocycles. The molecule has 0 aliphatic rings. The number of hydrogen-bond donors (Lipinski definition) is 3. The fourth-order valence-electron chi connectivity index (χ4n) is 2.64. The van der Waals surface area contributed by atoms with Crippen LogP contribution in [0.15, 0.2) is 23.2 Å². The second-order valence-electron chi connectivity index (χ2n) is 9.14. The molecule has 0 unspecified atom stereocenters. The number of nitrogens with one attached hydrogen (secondary N) is 3. The van der Waals surface area contributed by atoms with Gasteiger partial charge in [0.2, 0.25) is 5.96 Å². The van der Waals surface area contributed by atoms with E-state index in [1.54, 1.807) is 20.8 Å². The zero-order chi connectivity index (χ0) is 23.8. The van der Waals surface area contributed by atoms with E-state index in [2.05, 4.69) is 20.9 Å². The molecular formula is C22H37N5O4. The van der Waals surface area contributed by atoms with Gasteiger partial charge in [-0.25, -0.2) is 9.59 Å². The van der Waals surface area contributed by atoms with Crippen molar-refractivity contribution in [1.82, 2.24) is 10.6 Å². The SMILES string of the molecule is CC/N=C(/NC(=O)OC(C)(C)C)Nc1cccc(CNC(=O)OC(C)(C)C)c1N(C)C. The van der Waals surface area contributed by atoms with Crippen LogP contribution in [0.1, 0.15) is 54.0 Å². The minimum absolute atomic E-state index is 0.275. The number of carbonyl (C=O) groups excluding carboxylic acids is 2. The zero-order valence-corrected chi connectivity index (χ0v) is 20.2. The lowest BCUT2D eigenvalue weighted by Crippen LogP contribution is -2.40. The topological polar surface area (TPSA) is 104 Å². The molecule has 9 heteroatoms. The molecule has 1 rings (SSSR count). The van der Waals surface area contributed by atoms with Gasteiger partial charge in [0.25, 0.3) is 0 Å². The average Bonchev–Trinajstić information content (AvgIpc) is 2.56. The number of guanidine groups is 1. The number of benzene rings is 1. The van der Waals surface area contributed by atoms with E-state index in [0.29, 0.717) is 6.54 Å². The standard InChI is InChI=1S/C22H37N5O4/c1-10-23-18(26-20(29)31-22(5,6)7)25-16-13-11-12-15(17(16)27(8)9)14-24-19(28)30-21(2,3)4/h11-13H,10,14H2,1-9H3,(H,24,28)(H2,23,25,26,29). The van der Waals surface area contributed by atoms with Crippen molar-refractivity contribution in [3.05, 3.63) is 23.8 Å². The summed E-state index contributed by atoms with van der Waals surface area (Å²) in [6.07, 6.45) is -1.09. The van der Waals surface area contributed by atoms with Gasteiger partial charge >= 0.3 is 12.2 Å². The van der Waals surface area contributed by atoms with Crippen LogP contribution in [-0.2, 0) is 16.0 Å². The Kier molecular flexibility index (Phi) is 9.15. The van der Waals surface area contributed by atoms with Crippen molar-refractivity contribution in [2.75, 3.05) is 30.9 Å². The largest absolute Gasteiger partial charge is 0.444 e. The Bertz CT molecular complexity index is 792. The number of anilines is 2. The van der Waals surface area contributed by atoms with Gasteiger partial charge in [-0.2, -0.15) is 0 Å². The summed E-state index contributed by atoms with van der Waals surface area (Å²) < 4.78 is 10.6. The Balaban J connectivity index is 3.05. The van der Waals surface area contributed by atoms with Crippen LogP contribution in [0, 0.1) is 0 Å². The maximum atomic E-state index is 12.2. The van der Waals surface area contributed by atoms with Gasteiger partial charge in [0, 0.05) is 27.2 Å². The molecule has 0 atom stereocenters. The second-order valence-corrected chi connectivity index (χ2v) is 9.14. The van der Waals surface area contributed by atoms with Crippen molar-refractivity contribution in [2.45, 2.75) is 66.2 Å². The zero-order valence-electron chi connectivity index (χ0n) is 20.2. The van der Waals surface area contributed by atoms with E-state index in [4.69, 9.17) is 9.47 Å². The second kappa shape index (κ2) is 10.9. The number of aliphatic imine (C=N–C) groups is 1. The van der Waals surface area contributed by atoms with Crippen molar-refractivity contribution in [3.63, 3.8) is 0 Å². The summed E-state index contributed by atoms with van der Waals surface area (Å²) in [5.74, 6) is 0.275. The first-order valence-corrected chi connectivity index (χ1v) is 10.3. The van der Waals surface area contributed by atoms with Crippen LogP contribution in [0.2, 0.25) is 0 Å². The van der Waals surface area contributed by atoms with Crippen LogP contribution in [0.3, 0.4) is 0 Å². The Morgan fingerprint density at radius 3 is 2.10 bits per heavy atom. The van der Waals surface area contributed by atoms with Gasteiger partial charge < -0.3 is 25.0 Å². The van der Waals surface area contributed by atoms with Crippen LogP contribution in [-0.4, -0.2) is 50.0 Å². The quantitative estimate of drug-likeness (QED) is 0.475. The minimum Gasteiger partial charge on any atom is -0.444 e. The number of nitrogens with zero attached hydrogens (tertiary/aromatic N) is 2. The molecule has 0 fully saturated rings. The average molecular weight is 436 g/mol. The van der Waals surface area contributed by atoms with Crippen LogP contribution >= 0.6 is 0 Å². The molecular weight excluding hydrogens is 398 g/mol. The van der Waals surface area contributed by atoms with E-state index in [1.165, 1.54) is 0 Å². The van der Waals surface area contributed by atoms with Crippen LogP contribution in [0.5, 0.6) is 0 Å². The number of amides is 2. The number of carbonyl (C=O) groups is 2. The molecule has 1 aromatic rings. The number of rotatable bonds is 5. The highest BCUT2D eigenvalue weighted by Gasteiger charge is 2.20. The van der Waals surface area contributed by atoms with E-state index < -0.39 is 23.4 Å². The van der Waals surface area contributed by atoms with Crippen molar-refractivity contribution >= 4 is 29.5 Å². The molecule has 0 aliphatic heterocycles. The highest BCUT2D eigenvalue weighted by atomic mass is 16.6. The summed E-state index contributed by atoms with van der Waals surface area (Å²) in [6.45, 7) is 13.4. The monoisotopic (exact) mass is 435 g/mol. The molecule has 0 aliphatic carbocycles. The first-order chi connectivity index (χ1) is 14.2. The minimum atomic E-state index is -0.622. The fraction of sp³-hybridized carbons (Fsp3) is 0.591. The first-order valence-electron chi connectivity index (χ1n) is 10.3. The lowest BCUT2D eigenvalue weighted by atomic mass is 10.1. The number of para-hydroxylation sites is 1. The molecule has 0 radical (unpaired) electrons. The van der Waals surface area contributed by atoms with E-state index in [1.807, 2.05) is 64.9 Å². The fourth-order valence-corrected chi connectivity index (χ4v) is 2.64. The third kappa shape index (κ3) is 10.1. The predicted molar refractivity (Wildman–Crippen MR) is 125 cm³/mol. The van der Waals surface area contributed by atoms with Crippen LogP contribution in [0.25, 0.3) is 0 Å². The van der Waals surface area contributed by atoms with Crippen molar-refractivity contribution in [3.8, 4) is 0 Å². The first kappa shape index (κ1) is 26.1. The van der Waals surface area contributed by atoms with Gasteiger partial charge in [0.15, 0.2) is 0 Å². The van der Waals surface area contributed by atoms with Gasteiger partial charge in [-0.15, -0.1) is 0 Å². The van der Waals surface area contributed by atoms with E-state index in [9.17, 15) is 9.59 Å². The molecule has 0 bridgehead atoms. The summed E-state index contributed by atoms with van der Waals surface area (Å²) in [5, 5.41) is 8.60.